The fourth-order valence-corrected chi connectivity index (χ4v) is 3.66. The Bertz CT molecular complexity index is 1070. The molecule has 0 spiro atoms. The molecule has 11 heteroatoms. The monoisotopic (exact) mass is 467 g/mol. The third-order valence-electron chi connectivity index (χ3n) is 4.97. The molecule has 0 aromatic heterocycles. The van der Waals surface area contributed by atoms with Crippen molar-refractivity contribution in [3.63, 3.8) is 0 Å². The normalized spacial score (nSPS) is 19.6. The molecule has 9 nitrogen and oxygen atoms in total. The third kappa shape index (κ3) is 5.59. The number of Topliss-reactive ketones (excluding diaryl/α,β-unsaturated/α-hetero) is 1. The summed E-state index contributed by atoms with van der Waals surface area (Å²) in [4.78, 5) is 42.7. The fraction of sp³-hybridized carbons (Fsp3) is 0.333. The molecular formula is C21H23FNO8P. The van der Waals surface area contributed by atoms with Gasteiger partial charge in [-0.2, -0.15) is 0 Å². The average molecular weight is 467 g/mol. The minimum atomic E-state index is -4.80. The lowest BCUT2D eigenvalue weighted by molar-refractivity contribution is -0.141. The highest BCUT2D eigenvalue weighted by atomic mass is 31.2. The predicted octanol–water partition coefficient (Wildman–Crippen LogP) is 3.12. The number of carbonyl (C=O) groups is 2. The van der Waals surface area contributed by atoms with E-state index in [1.807, 2.05) is 0 Å². The van der Waals surface area contributed by atoms with Crippen LogP contribution in [0.4, 0.5) is 4.39 Å². The van der Waals surface area contributed by atoms with Crippen LogP contribution in [-0.2, 0) is 13.8 Å². The van der Waals surface area contributed by atoms with E-state index in [1.54, 1.807) is 32.0 Å². The first kappa shape index (κ1) is 24.0. The van der Waals surface area contributed by atoms with Gasteiger partial charge in [0.1, 0.15) is 23.3 Å². The number of phosphoric acid groups is 1. The molecular weight excluding hydrogens is 444 g/mol. The van der Waals surface area contributed by atoms with E-state index in [9.17, 15) is 18.5 Å². The van der Waals surface area contributed by atoms with E-state index in [0.717, 1.165) is 12.1 Å². The van der Waals surface area contributed by atoms with Gasteiger partial charge in [0.2, 0.25) is 0 Å². The number of benzene rings is 2. The van der Waals surface area contributed by atoms with Crippen molar-refractivity contribution in [2.45, 2.75) is 38.5 Å². The van der Waals surface area contributed by atoms with Crippen LogP contribution in [-0.4, -0.2) is 40.0 Å². The van der Waals surface area contributed by atoms with Crippen molar-refractivity contribution in [1.29, 1.82) is 0 Å². The van der Waals surface area contributed by atoms with Gasteiger partial charge in [-0.25, -0.2) is 8.96 Å². The minimum Gasteiger partial charge on any atom is -0.485 e. The fourth-order valence-electron chi connectivity index (χ4n) is 3.46. The van der Waals surface area contributed by atoms with Crippen molar-refractivity contribution in [1.82, 2.24) is 5.32 Å². The third-order valence-corrected chi connectivity index (χ3v) is 5.42. The Labute approximate surface area is 183 Å². The Morgan fingerprint density at radius 2 is 1.78 bits per heavy atom. The lowest BCUT2D eigenvalue weighted by atomic mass is 9.85. The maximum atomic E-state index is 13.2. The van der Waals surface area contributed by atoms with Crippen molar-refractivity contribution >= 4 is 19.5 Å². The summed E-state index contributed by atoms with van der Waals surface area (Å²) in [6.45, 7) is 3.97. The highest BCUT2D eigenvalue weighted by molar-refractivity contribution is 7.46. The van der Waals surface area contributed by atoms with Gasteiger partial charge in [0.05, 0.1) is 6.04 Å². The van der Waals surface area contributed by atoms with Crippen molar-refractivity contribution < 1.29 is 42.3 Å². The number of ether oxygens (including phenoxy) is 2. The number of phosphoric ester groups is 1. The van der Waals surface area contributed by atoms with Gasteiger partial charge in [-0.3, -0.25) is 14.1 Å². The van der Waals surface area contributed by atoms with Gasteiger partial charge in [0.15, 0.2) is 12.6 Å². The number of ketones is 1. The van der Waals surface area contributed by atoms with Gasteiger partial charge in [-0.1, -0.05) is 0 Å². The van der Waals surface area contributed by atoms with Crippen molar-refractivity contribution in [2.24, 2.45) is 0 Å². The number of carbonyl (C=O) groups excluding carboxylic acids is 2. The second-order valence-electron chi connectivity index (χ2n) is 7.80. The quantitative estimate of drug-likeness (QED) is 0.322. The minimum absolute atomic E-state index is 0.185. The summed E-state index contributed by atoms with van der Waals surface area (Å²) < 4.78 is 40.3. The highest BCUT2D eigenvalue weighted by Gasteiger charge is 2.46. The van der Waals surface area contributed by atoms with Crippen LogP contribution in [0, 0.1) is 5.82 Å². The molecule has 1 aliphatic heterocycles. The van der Waals surface area contributed by atoms with Gasteiger partial charge >= 0.3 is 7.82 Å². The molecule has 32 heavy (non-hydrogen) atoms. The molecule has 2 aromatic carbocycles. The SMILES string of the molecule is CC(=O)c1ccc2c(c1)[C@@H](NC(=O)c1ccc(F)cc1)[C@H](OCOP(=O)(O)O)C(C)(C)O2. The molecule has 0 aliphatic carbocycles. The summed E-state index contributed by atoms with van der Waals surface area (Å²) in [6.07, 6.45) is -0.965. The van der Waals surface area contributed by atoms with E-state index in [1.165, 1.54) is 19.1 Å². The van der Waals surface area contributed by atoms with Crippen LogP contribution in [0.3, 0.4) is 0 Å². The Hall–Kier alpha value is -2.62. The lowest BCUT2D eigenvalue weighted by Gasteiger charge is -2.44. The first-order chi connectivity index (χ1) is 14.9. The van der Waals surface area contributed by atoms with Gasteiger partial charge in [-0.05, 0) is 63.2 Å². The van der Waals surface area contributed by atoms with Crippen LogP contribution in [0.5, 0.6) is 5.75 Å². The first-order valence-corrected chi connectivity index (χ1v) is 11.1. The topological polar surface area (TPSA) is 131 Å². The zero-order chi connectivity index (χ0) is 23.7. The molecule has 0 radical (unpaired) electrons. The van der Waals surface area contributed by atoms with Crippen molar-refractivity contribution in [3.8, 4) is 5.75 Å². The van der Waals surface area contributed by atoms with Crippen LogP contribution in [0.15, 0.2) is 42.5 Å². The highest BCUT2D eigenvalue weighted by Crippen LogP contribution is 2.43. The van der Waals surface area contributed by atoms with Crippen LogP contribution < -0.4 is 10.1 Å². The van der Waals surface area contributed by atoms with Gasteiger partial charge in [-0.15, -0.1) is 0 Å². The number of hydrogen-bond acceptors (Lipinski definition) is 6. The Balaban J connectivity index is 1.99. The largest absolute Gasteiger partial charge is 0.485 e. The number of rotatable bonds is 7. The summed E-state index contributed by atoms with van der Waals surface area (Å²) in [5.74, 6) is -0.846. The number of nitrogens with one attached hydrogen (secondary N) is 1. The molecule has 3 N–H and O–H groups in total. The number of amides is 1. The lowest BCUT2D eigenvalue weighted by Crippen LogP contribution is -2.55. The first-order valence-electron chi connectivity index (χ1n) is 9.59. The molecule has 0 bridgehead atoms. The molecule has 172 valence electrons. The Morgan fingerprint density at radius 3 is 2.38 bits per heavy atom. The molecule has 1 amide bonds. The molecule has 2 aromatic rings. The zero-order valence-electron chi connectivity index (χ0n) is 17.6. The predicted molar refractivity (Wildman–Crippen MR) is 111 cm³/mol. The smallest absolute Gasteiger partial charge is 0.471 e. The summed E-state index contributed by atoms with van der Waals surface area (Å²) in [5.41, 5.74) is -0.0684. The van der Waals surface area contributed by atoms with Crippen molar-refractivity contribution in [2.75, 3.05) is 6.79 Å². The molecule has 0 unspecified atom stereocenters. The molecule has 3 rings (SSSR count). The van der Waals surface area contributed by atoms with Crippen LogP contribution >= 0.6 is 7.82 Å². The Kier molecular flexibility index (Phi) is 6.83. The van der Waals surface area contributed by atoms with E-state index in [2.05, 4.69) is 9.84 Å². The Morgan fingerprint density at radius 1 is 1.16 bits per heavy atom. The van der Waals surface area contributed by atoms with Crippen LogP contribution in [0.1, 0.15) is 53.1 Å². The summed E-state index contributed by atoms with van der Waals surface area (Å²) in [7, 11) is -4.80. The van der Waals surface area contributed by atoms with Crippen LogP contribution in [0.2, 0.25) is 0 Å². The average Bonchev–Trinajstić information content (AvgIpc) is 2.68. The second-order valence-corrected chi connectivity index (χ2v) is 9.04. The number of hydrogen-bond donors (Lipinski definition) is 3. The standard InChI is InChI=1S/C21H23FNO8P/c1-12(24)14-6-9-17-16(10-14)18(23-20(25)13-4-7-15(22)8-5-13)19(21(2,3)31-17)29-11-30-32(26,27)28/h4-10,18-19H,11H2,1-3H3,(H,23,25)(H2,26,27,28)/t18-,19+/m1/s1. The van der Waals surface area contributed by atoms with Crippen LogP contribution in [0.25, 0.3) is 0 Å². The van der Waals surface area contributed by atoms with E-state index >= 15 is 0 Å². The van der Waals surface area contributed by atoms with Gasteiger partial charge in [0, 0.05) is 16.7 Å². The molecule has 0 saturated heterocycles. The number of fused-ring (bicyclic) bond motifs is 1. The van der Waals surface area contributed by atoms with E-state index in [4.69, 9.17) is 19.3 Å². The summed E-state index contributed by atoms with van der Waals surface area (Å²) in [5, 5.41) is 2.80. The molecule has 1 aliphatic rings. The number of halogens is 1. The molecule has 0 fully saturated rings. The maximum Gasteiger partial charge on any atom is 0.471 e. The van der Waals surface area contributed by atoms with E-state index in [-0.39, 0.29) is 11.3 Å². The van der Waals surface area contributed by atoms with Gasteiger partial charge < -0.3 is 24.6 Å². The molecule has 2 atom stereocenters. The zero-order valence-corrected chi connectivity index (χ0v) is 18.5. The molecule has 1 heterocycles. The summed E-state index contributed by atoms with van der Waals surface area (Å²) in [6, 6.07) is 8.79. The van der Waals surface area contributed by atoms with Crippen molar-refractivity contribution in [3.05, 3.63) is 65.0 Å². The van der Waals surface area contributed by atoms with E-state index < -0.39 is 44.1 Å². The molecule has 0 saturated carbocycles. The maximum absolute atomic E-state index is 13.2. The second kappa shape index (κ2) is 9.09. The van der Waals surface area contributed by atoms with E-state index in [0.29, 0.717) is 16.9 Å². The summed E-state index contributed by atoms with van der Waals surface area (Å²) >= 11 is 0. The van der Waals surface area contributed by atoms with Gasteiger partial charge in [0.25, 0.3) is 5.91 Å².